The van der Waals surface area contributed by atoms with Gasteiger partial charge in [-0.2, -0.15) is 0 Å². The number of piperidine rings is 1. The second-order valence-corrected chi connectivity index (χ2v) is 7.50. The maximum atomic E-state index is 13.2. The molecule has 6 nitrogen and oxygen atoms in total. The van der Waals surface area contributed by atoms with Crippen LogP contribution in [0.5, 0.6) is 0 Å². The monoisotopic (exact) mass is 338 g/mol. The summed E-state index contributed by atoms with van der Waals surface area (Å²) in [5.41, 5.74) is 1.32. The normalized spacial score (nSPS) is 27.8. The summed E-state index contributed by atoms with van der Waals surface area (Å²) in [7, 11) is 0. The first kappa shape index (κ1) is 15.2. The Morgan fingerprint density at radius 2 is 2.12 bits per heavy atom. The number of hydrogen-bond donors (Lipinski definition) is 1. The van der Waals surface area contributed by atoms with E-state index in [4.69, 9.17) is 4.74 Å². The van der Waals surface area contributed by atoms with E-state index in [-0.39, 0.29) is 17.4 Å². The standard InChI is InChI=1S/C19H22N4O2/c24-18(15-4-3-13-2-1-7-21-17(13)22-15)23-12-19(5-8-20-9-6-19)14-10-25-11-16(14)23/h1-4,7,14,16,20H,5-6,8-12H2/t14-,16+/m0/s1. The second kappa shape index (κ2) is 5.75. The zero-order valence-electron chi connectivity index (χ0n) is 14.1. The molecule has 1 N–H and O–H groups in total. The lowest BCUT2D eigenvalue weighted by molar-refractivity contribution is 0.0602. The molecule has 2 atom stereocenters. The average molecular weight is 338 g/mol. The first-order valence-corrected chi connectivity index (χ1v) is 9.08. The number of hydrogen-bond acceptors (Lipinski definition) is 5. The van der Waals surface area contributed by atoms with Crippen LogP contribution >= 0.6 is 0 Å². The van der Waals surface area contributed by atoms with Crippen LogP contribution in [0.3, 0.4) is 0 Å². The quantitative estimate of drug-likeness (QED) is 0.853. The lowest BCUT2D eigenvalue weighted by Gasteiger charge is -2.37. The Balaban J connectivity index is 1.48. The molecule has 130 valence electrons. The first-order chi connectivity index (χ1) is 12.3. The third-order valence-electron chi connectivity index (χ3n) is 6.27. The van der Waals surface area contributed by atoms with Crippen molar-refractivity contribution in [1.29, 1.82) is 0 Å². The van der Waals surface area contributed by atoms with E-state index in [0.717, 1.165) is 44.5 Å². The fraction of sp³-hybridized carbons (Fsp3) is 0.526. The Bertz CT molecular complexity index is 818. The van der Waals surface area contributed by atoms with Crippen LogP contribution in [-0.4, -0.2) is 59.7 Å². The van der Waals surface area contributed by atoms with Crippen molar-refractivity contribution in [1.82, 2.24) is 20.2 Å². The molecule has 3 saturated heterocycles. The van der Waals surface area contributed by atoms with Crippen LogP contribution in [0.4, 0.5) is 0 Å². The number of carbonyl (C=O) groups is 1. The van der Waals surface area contributed by atoms with Crippen LogP contribution in [0, 0.1) is 11.3 Å². The highest BCUT2D eigenvalue weighted by atomic mass is 16.5. The van der Waals surface area contributed by atoms with Crippen LogP contribution in [-0.2, 0) is 4.74 Å². The molecule has 25 heavy (non-hydrogen) atoms. The molecule has 0 radical (unpaired) electrons. The molecule has 5 heterocycles. The summed E-state index contributed by atoms with van der Waals surface area (Å²) < 4.78 is 5.78. The summed E-state index contributed by atoms with van der Waals surface area (Å²) in [6, 6.07) is 7.79. The van der Waals surface area contributed by atoms with E-state index in [1.165, 1.54) is 0 Å². The van der Waals surface area contributed by atoms with E-state index in [0.29, 0.717) is 23.9 Å². The number of rotatable bonds is 1. The zero-order chi connectivity index (χ0) is 16.9. The van der Waals surface area contributed by atoms with Crippen molar-refractivity contribution < 1.29 is 9.53 Å². The molecule has 5 rings (SSSR count). The van der Waals surface area contributed by atoms with E-state index in [1.54, 1.807) is 6.20 Å². The van der Waals surface area contributed by atoms with Crippen LogP contribution in [0.25, 0.3) is 11.0 Å². The Labute approximate surface area is 146 Å². The minimum atomic E-state index is 0.0171. The maximum Gasteiger partial charge on any atom is 0.272 e. The van der Waals surface area contributed by atoms with Gasteiger partial charge in [0.2, 0.25) is 0 Å². The largest absolute Gasteiger partial charge is 0.379 e. The maximum absolute atomic E-state index is 13.2. The van der Waals surface area contributed by atoms with Gasteiger partial charge in [-0.1, -0.05) is 0 Å². The summed E-state index contributed by atoms with van der Waals surface area (Å²) in [5, 5.41) is 4.40. The molecule has 3 fully saturated rings. The van der Waals surface area contributed by atoms with Gasteiger partial charge in [-0.15, -0.1) is 0 Å². The van der Waals surface area contributed by atoms with Crippen molar-refractivity contribution in [3.63, 3.8) is 0 Å². The fourth-order valence-electron chi connectivity index (χ4n) is 4.90. The molecule has 0 unspecified atom stereocenters. The number of aromatic nitrogens is 2. The second-order valence-electron chi connectivity index (χ2n) is 7.50. The van der Waals surface area contributed by atoms with Gasteiger partial charge in [-0.25, -0.2) is 9.97 Å². The Kier molecular flexibility index (Phi) is 3.50. The van der Waals surface area contributed by atoms with Crippen LogP contribution < -0.4 is 5.32 Å². The van der Waals surface area contributed by atoms with E-state index in [9.17, 15) is 4.79 Å². The summed E-state index contributed by atoms with van der Waals surface area (Å²) >= 11 is 0. The number of ether oxygens (including phenoxy) is 1. The van der Waals surface area contributed by atoms with Crippen molar-refractivity contribution >= 4 is 16.9 Å². The van der Waals surface area contributed by atoms with Gasteiger partial charge in [0.1, 0.15) is 5.69 Å². The van der Waals surface area contributed by atoms with Crippen molar-refractivity contribution in [2.45, 2.75) is 18.9 Å². The highest BCUT2D eigenvalue weighted by Crippen LogP contribution is 2.49. The van der Waals surface area contributed by atoms with E-state index in [2.05, 4.69) is 15.3 Å². The third kappa shape index (κ3) is 2.35. The zero-order valence-corrected chi connectivity index (χ0v) is 14.1. The number of carbonyl (C=O) groups excluding carboxylic acids is 1. The molecule has 6 heteroatoms. The van der Waals surface area contributed by atoms with Crippen molar-refractivity contribution in [3.8, 4) is 0 Å². The number of amides is 1. The molecule has 0 aromatic carbocycles. The summed E-state index contributed by atoms with van der Waals surface area (Å²) in [5.74, 6) is 0.473. The third-order valence-corrected chi connectivity index (χ3v) is 6.27. The van der Waals surface area contributed by atoms with Gasteiger partial charge in [-0.3, -0.25) is 4.79 Å². The van der Waals surface area contributed by atoms with Gasteiger partial charge in [0.15, 0.2) is 5.65 Å². The molecule has 2 aromatic heterocycles. The Morgan fingerprint density at radius 3 is 3.00 bits per heavy atom. The van der Waals surface area contributed by atoms with E-state index < -0.39 is 0 Å². The predicted octanol–water partition coefficient (Wildman–Crippen LogP) is 1.47. The van der Waals surface area contributed by atoms with Gasteiger partial charge in [0.05, 0.1) is 19.3 Å². The van der Waals surface area contributed by atoms with Crippen LogP contribution in [0.2, 0.25) is 0 Å². The highest BCUT2D eigenvalue weighted by Gasteiger charge is 2.56. The molecule has 0 aliphatic carbocycles. The molecule has 2 aromatic rings. The van der Waals surface area contributed by atoms with E-state index in [1.807, 2.05) is 29.2 Å². The number of fused-ring (bicyclic) bond motifs is 3. The topological polar surface area (TPSA) is 67.4 Å². The number of nitrogens with one attached hydrogen (secondary N) is 1. The highest BCUT2D eigenvalue weighted by molar-refractivity contribution is 5.95. The predicted molar refractivity (Wildman–Crippen MR) is 93.2 cm³/mol. The molecule has 1 amide bonds. The molecule has 3 aliphatic rings. The molecule has 0 saturated carbocycles. The summed E-state index contributed by atoms with van der Waals surface area (Å²) in [6.07, 6.45) is 3.95. The number of pyridine rings is 2. The Hall–Kier alpha value is -2.05. The molecular formula is C19H22N4O2. The minimum Gasteiger partial charge on any atom is -0.379 e. The van der Waals surface area contributed by atoms with Crippen LogP contribution in [0.1, 0.15) is 23.3 Å². The smallest absolute Gasteiger partial charge is 0.272 e. The summed E-state index contributed by atoms with van der Waals surface area (Å²) in [4.78, 5) is 24.0. The average Bonchev–Trinajstić information content (AvgIpc) is 3.25. The number of likely N-dealkylation sites (tertiary alicyclic amines) is 1. The SMILES string of the molecule is O=C(c1ccc2cccnc2n1)N1CC2(CCNCC2)[C@H]2COC[C@H]21. The van der Waals surface area contributed by atoms with Gasteiger partial charge < -0.3 is 15.0 Å². The molecule has 1 spiro atoms. The Morgan fingerprint density at radius 1 is 1.24 bits per heavy atom. The summed E-state index contributed by atoms with van der Waals surface area (Å²) in [6.45, 7) is 4.32. The molecule has 3 aliphatic heterocycles. The minimum absolute atomic E-state index is 0.0171. The van der Waals surface area contributed by atoms with Crippen LogP contribution in [0.15, 0.2) is 30.5 Å². The first-order valence-electron chi connectivity index (χ1n) is 9.08. The van der Waals surface area contributed by atoms with E-state index >= 15 is 0 Å². The fourth-order valence-corrected chi connectivity index (χ4v) is 4.90. The lowest BCUT2D eigenvalue weighted by Crippen LogP contribution is -2.43. The van der Waals surface area contributed by atoms with Crippen molar-refractivity contribution in [3.05, 3.63) is 36.2 Å². The lowest BCUT2D eigenvalue weighted by atomic mass is 9.70. The molecular weight excluding hydrogens is 316 g/mol. The van der Waals surface area contributed by atoms with Gasteiger partial charge >= 0.3 is 0 Å². The number of nitrogens with zero attached hydrogens (tertiary/aromatic N) is 3. The van der Waals surface area contributed by atoms with Crippen molar-refractivity contribution in [2.24, 2.45) is 11.3 Å². The van der Waals surface area contributed by atoms with Gasteiger partial charge in [0.25, 0.3) is 5.91 Å². The van der Waals surface area contributed by atoms with Gasteiger partial charge in [0, 0.05) is 24.0 Å². The van der Waals surface area contributed by atoms with Gasteiger partial charge in [-0.05, 0) is 55.6 Å². The molecule has 0 bridgehead atoms. The van der Waals surface area contributed by atoms with Crippen molar-refractivity contribution in [2.75, 3.05) is 32.8 Å².